The quantitative estimate of drug-likeness (QED) is 0.818. The number of aromatic nitrogens is 1. The average Bonchev–Trinajstić information content (AvgIpc) is 2.92. The Morgan fingerprint density at radius 1 is 1.04 bits per heavy atom. The number of carbonyl (C=O) groups excluding carboxylic acids is 1. The summed E-state index contributed by atoms with van der Waals surface area (Å²) in [6.07, 6.45) is 6.59. The van der Waals surface area contributed by atoms with Crippen molar-refractivity contribution in [3.8, 4) is 0 Å². The van der Waals surface area contributed by atoms with Gasteiger partial charge in [-0.3, -0.25) is 9.69 Å². The van der Waals surface area contributed by atoms with Crippen LogP contribution in [0.2, 0.25) is 0 Å². The molecule has 0 saturated carbocycles. The van der Waals surface area contributed by atoms with Gasteiger partial charge in [-0.05, 0) is 25.0 Å². The molecule has 2 aliphatic rings. The maximum absolute atomic E-state index is 12.3. The second kappa shape index (κ2) is 8.81. The van der Waals surface area contributed by atoms with E-state index in [0.29, 0.717) is 31.7 Å². The SMILES string of the molecule is O=C(NCCN1CCS(=O)(=O)CC1)c1ccc(N2CCCCCC2)nc1. The molecule has 1 amide bonds. The zero-order valence-corrected chi connectivity index (χ0v) is 16.0. The van der Waals surface area contributed by atoms with Crippen molar-refractivity contribution in [2.45, 2.75) is 25.7 Å². The summed E-state index contributed by atoms with van der Waals surface area (Å²) < 4.78 is 22.8. The van der Waals surface area contributed by atoms with Crippen LogP contribution in [0.4, 0.5) is 5.82 Å². The lowest BCUT2D eigenvalue weighted by atomic mass is 10.2. The van der Waals surface area contributed by atoms with Gasteiger partial charge in [0.05, 0.1) is 17.1 Å². The molecule has 3 rings (SSSR count). The van der Waals surface area contributed by atoms with Crippen LogP contribution in [-0.2, 0) is 9.84 Å². The van der Waals surface area contributed by atoms with Crippen LogP contribution in [0.5, 0.6) is 0 Å². The predicted molar refractivity (Wildman–Crippen MR) is 102 cm³/mol. The van der Waals surface area contributed by atoms with Crippen molar-refractivity contribution in [1.82, 2.24) is 15.2 Å². The Morgan fingerprint density at radius 2 is 1.73 bits per heavy atom. The maximum atomic E-state index is 12.3. The Balaban J connectivity index is 1.44. The van der Waals surface area contributed by atoms with E-state index in [2.05, 4.69) is 20.1 Å². The van der Waals surface area contributed by atoms with Crippen molar-refractivity contribution in [2.75, 3.05) is 55.7 Å². The molecule has 1 aromatic rings. The summed E-state index contributed by atoms with van der Waals surface area (Å²) in [6.45, 7) is 4.33. The lowest BCUT2D eigenvalue weighted by Crippen LogP contribution is -2.43. The highest BCUT2D eigenvalue weighted by Gasteiger charge is 2.21. The van der Waals surface area contributed by atoms with E-state index in [-0.39, 0.29) is 17.4 Å². The summed E-state index contributed by atoms with van der Waals surface area (Å²) in [6, 6.07) is 3.76. The smallest absolute Gasteiger partial charge is 0.252 e. The number of nitrogens with one attached hydrogen (secondary N) is 1. The Bertz CT molecular complexity index is 684. The fraction of sp³-hybridized carbons (Fsp3) is 0.667. The van der Waals surface area contributed by atoms with Gasteiger partial charge in [0.15, 0.2) is 9.84 Å². The minimum absolute atomic E-state index is 0.135. The number of pyridine rings is 1. The Labute approximate surface area is 155 Å². The lowest BCUT2D eigenvalue weighted by Gasteiger charge is -2.26. The zero-order valence-electron chi connectivity index (χ0n) is 15.2. The van der Waals surface area contributed by atoms with Crippen LogP contribution in [0.1, 0.15) is 36.0 Å². The second-order valence-electron chi connectivity index (χ2n) is 7.06. The van der Waals surface area contributed by atoms with Gasteiger partial charge in [-0.25, -0.2) is 13.4 Å². The van der Waals surface area contributed by atoms with Crippen molar-refractivity contribution in [2.24, 2.45) is 0 Å². The predicted octanol–water partition coefficient (Wildman–Crippen LogP) is 0.922. The summed E-state index contributed by atoms with van der Waals surface area (Å²) >= 11 is 0. The second-order valence-corrected chi connectivity index (χ2v) is 9.36. The molecule has 0 bridgehead atoms. The van der Waals surface area contributed by atoms with Crippen molar-refractivity contribution >= 4 is 21.6 Å². The minimum atomic E-state index is -2.86. The van der Waals surface area contributed by atoms with Crippen LogP contribution in [0.15, 0.2) is 18.3 Å². The first-order chi connectivity index (χ1) is 12.5. The van der Waals surface area contributed by atoms with Crippen LogP contribution in [-0.4, -0.2) is 75.0 Å². The van der Waals surface area contributed by atoms with E-state index in [4.69, 9.17) is 0 Å². The van der Waals surface area contributed by atoms with E-state index >= 15 is 0 Å². The molecule has 0 aliphatic carbocycles. The first-order valence-electron chi connectivity index (χ1n) is 9.45. The van der Waals surface area contributed by atoms with Gasteiger partial charge in [0, 0.05) is 45.5 Å². The van der Waals surface area contributed by atoms with Crippen molar-refractivity contribution < 1.29 is 13.2 Å². The van der Waals surface area contributed by atoms with Crippen molar-refractivity contribution in [3.63, 3.8) is 0 Å². The van der Waals surface area contributed by atoms with Crippen LogP contribution in [0.25, 0.3) is 0 Å². The molecule has 3 heterocycles. The standard InChI is InChI=1S/C18H28N4O3S/c23-18(19-7-10-21-11-13-26(24,25)14-12-21)16-5-6-17(20-15-16)22-8-3-1-2-4-9-22/h5-6,15H,1-4,7-14H2,(H,19,23). The number of rotatable bonds is 5. The summed E-state index contributed by atoms with van der Waals surface area (Å²) in [5.41, 5.74) is 0.560. The fourth-order valence-electron chi connectivity index (χ4n) is 3.41. The van der Waals surface area contributed by atoms with Gasteiger partial charge in [-0.1, -0.05) is 12.8 Å². The first kappa shape index (κ1) is 19.1. The molecule has 1 N–H and O–H groups in total. The van der Waals surface area contributed by atoms with Gasteiger partial charge in [-0.2, -0.15) is 0 Å². The number of carbonyl (C=O) groups is 1. The third-order valence-electron chi connectivity index (χ3n) is 5.09. The molecule has 1 aromatic heterocycles. The molecule has 2 aliphatic heterocycles. The highest BCUT2D eigenvalue weighted by molar-refractivity contribution is 7.91. The summed E-state index contributed by atoms with van der Waals surface area (Å²) in [4.78, 5) is 21.1. The normalized spacial score (nSPS) is 21.2. The molecule has 2 fully saturated rings. The number of anilines is 1. The average molecular weight is 381 g/mol. The number of hydrogen-bond donors (Lipinski definition) is 1. The number of sulfone groups is 1. The van der Waals surface area contributed by atoms with Gasteiger partial charge >= 0.3 is 0 Å². The Kier molecular flexibility index (Phi) is 6.48. The van der Waals surface area contributed by atoms with Crippen molar-refractivity contribution in [1.29, 1.82) is 0 Å². The van der Waals surface area contributed by atoms with Crippen LogP contribution < -0.4 is 10.2 Å². The first-order valence-corrected chi connectivity index (χ1v) is 11.3. The maximum Gasteiger partial charge on any atom is 0.252 e. The monoisotopic (exact) mass is 380 g/mol. The Hall–Kier alpha value is -1.67. The molecule has 0 spiro atoms. The van der Waals surface area contributed by atoms with Gasteiger partial charge in [0.2, 0.25) is 0 Å². The van der Waals surface area contributed by atoms with E-state index in [1.54, 1.807) is 6.20 Å². The molecule has 144 valence electrons. The van der Waals surface area contributed by atoms with Crippen LogP contribution in [0.3, 0.4) is 0 Å². The molecule has 0 unspecified atom stereocenters. The van der Waals surface area contributed by atoms with E-state index in [1.165, 1.54) is 25.7 Å². The topological polar surface area (TPSA) is 82.6 Å². The molecule has 0 atom stereocenters. The molecule has 8 heteroatoms. The number of hydrogen-bond acceptors (Lipinski definition) is 6. The van der Waals surface area contributed by atoms with Crippen LogP contribution in [0, 0.1) is 0 Å². The van der Waals surface area contributed by atoms with Gasteiger partial charge in [-0.15, -0.1) is 0 Å². The largest absolute Gasteiger partial charge is 0.357 e. The lowest BCUT2D eigenvalue weighted by molar-refractivity contribution is 0.0948. The third-order valence-corrected chi connectivity index (χ3v) is 6.70. The van der Waals surface area contributed by atoms with Crippen LogP contribution >= 0.6 is 0 Å². The highest BCUT2D eigenvalue weighted by Crippen LogP contribution is 2.17. The minimum Gasteiger partial charge on any atom is -0.357 e. The fourth-order valence-corrected chi connectivity index (χ4v) is 4.69. The number of nitrogens with zero attached hydrogens (tertiary/aromatic N) is 3. The van der Waals surface area contributed by atoms with Gasteiger partial charge in [0.1, 0.15) is 5.82 Å². The van der Waals surface area contributed by atoms with E-state index < -0.39 is 9.84 Å². The van der Waals surface area contributed by atoms with Crippen molar-refractivity contribution in [3.05, 3.63) is 23.9 Å². The Morgan fingerprint density at radius 3 is 2.35 bits per heavy atom. The summed E-state index contributed by atoms with van der Waals surface area (Å²) in [7, 11) is -2.86. The van der Waals surface area contributed by atoms with Gasteiger partial charge < -0.3 is 10.2 Å². The molecular formula is C18H28N4O3S. The number of amides is 1. The molecule has 2 saturated heterocycles. The molecule has 7 nitrogen and oxygen atoms in total. The molecule has 26 heavy (non-hydrogen) atoms. The van der Waals surface area contributed by atoms with Gasteiger partial charge in [0.25, 0.3) is 5.91 Å². The van der Waals surface area contributed by atoms with E-state index in [1.807, 2.05) is 12.1 Å². The summed E-state index contributed by atoms with van der Waals surface area (Å²) in [5.74, 6) is 1.23. The molecular weight excluding hydrogens is 352 g/mol. The summed E-state index contributed by atoms with van der Waals surface area (Å²) in [5, 5.41) is 2.89. The van der Waals surface area contributed by atoms with E-state index in [0.717, 1.165) is 18.9 Å². The highest BCUT2D eigenvalue weighted by atomic mass is 32.2. The zero-order chi connectivity index (χ0) is 18.4. The third kappa shape index (κ3) is 5.41. The molecule has 0 radical (unpaired) electrons. The molecule has 0 aromatic carbocycles. The van der Waals surface area contributed by atoms with E-state index in [9.17, 15) is 13.2 Å².